The minimum absolute atomic E-state index is 0.0391. The molecule has 0 unspecified atom stereocenters. The zero-order valence-electron chi connectivity index (χ0n) is 13.2. The summed E-state index contributed by atoms with van der Waals surface area (Å²) in [6.45, 7) is 8.64. The van der Waals surface area contributed by atoms with Crippen LogP contribution in [0.4, 0.5) is 0 Å². The molecule has 118 valence electrons. The second kappa shape index (κ2) is 5.57. The monoisotopic (exact) mass is 312 g/mol. The van der Waals surface area contributed by atoms with Gasteiger partial charge in [-0.25, -0.2) is 13.1 Å². The van der Waals surface area contributed by atoms with Crippen LogP contribution in [0.2, 0.25) is 0 Å². The fourth-order valence-electron chi connectivity index (χ4n) is 3.02. The molecule has 1 N–H and O–H groups in total. The standard InChI is InChI=1S/C15H24N2O3S/c1-5-16-21(19,20)7-6-17-11(2)8-12-13(17)9-15(3,4)10-14(12)18/h8,16H,5-7,9-10H2,1-4H3. The summed E-state index contributed by atoms with van der Waals surface area (Å²) in [5, 5.41) is 0. The predicted molar refractivity (Wildman–Crippen MR) is 83.1 cm³/mol. The zero-order valence-corrected chi connectivity index (χ0v) is 14.0. The van der Waals surface area contributed by atoms with Gasteiger partial charge in [0.15, 0.2) is 5.78 Å². The Labute approximate surface area is 126 Å². The predicted octanol–water partition coefficient (Wildman–Crippen LogP) is 1.89. The van der Waals surface area contributed by atoms with Crippen molar-refractivity contribution in [3.8, 4) is 0 Å². The van der Waals surface area contributed by atoms with Crippen LogP contribution < -0.4 is 4.72 Å². The van der Waals surface area contributed by atoms with Crippen molar-refractivity contribution in [3.05, 3.63) is 23.0 Å². The summed E-state index contributed by atoms with van der Waals surface area (Å²) in [7, 11) is -3.25. The van der Waals surface area contributed by atoms with Crippen molar-refractivity contribution in [1.29, 1.82) is 0 Å². The molecule has 1 aromatic rings. The van der Waals surface area contributed by atoms with Gasteiger partial charge in [-0.1, -0.05) is 20.8 Å². The Morgan fingerprint density at radius 2 is 2.00 bits per heavy atom. The highest BCUT2D eigenvalue weighted by Crippen LogP contribution is 2.36. The SMILES string of the molecule is CCNS(=O)(=O)CCn1c(C)cc2c1CC(C)(C)CC2=O. The van der Waals surface area contributed by atoms with Gasteiger partial charge >= 0.3 is 0 Å². The van der Waals surface area contributed by atoms with Crippen LogP contribution in [-0.2, 0) is 23.0 Å². The number of aromatic nitrogens is 1. The molecule has 6 heteroatoms. The molecule has 1 heterocycles. The van der Waals surface area contributed by atoms with Crippen LogP contribution >= 0.6 is 0 Å². The van der Waals surface area contributed by atoms with Crippen LogP contribution in [0.25, 0.3) is 0 Å². The Morgan fingerprint density at radius 1 is 1.33 bits per heavy atom. The second-order valence-electron chi connectivity index (χ2n) is 6.56. The van der Waals surface area contributed by atoms with Crippen molar-refractivity contribution < 1.29 is 13.2 Å². The lowest BCUT2D eigenvalue weighted by molar-refractivity contribution is 0.0910. The Bertz CT molecular complexity index is 657. The summed E-state index contributed by atoms with van der Waals surface area (Å²) in [5.74, 6) is 0.204. The average Bonchev–Trinajstić information content (AvgIpc) is 2.62. The largest absolute Gasteiger partial charge is 0.347 e. The van der Waals surface area contributed by atoms with E-state index in [1.165, 1.54) is 0 Å². The van der Waals surface area contributed by atoms with Gasteiger partial charge in [-0.2, -0.15) is 0 Å². The Kier molecular flexibility index (Phi) is 4.31. The number of nitrogens with one attached hydrogen (secondary N) is 1. The number of carbonyl (C=O) groups excluding carboxylic acids is 1. The summed E-state index contributed by atoms with van der Waals surface area (Å²) in [6, 6.07) is 1.90. The number of sulfonamides is 1. The molecule has 0 aliphatic heterocycles. The molecule has 1 aromatic heterocycles. The first kappa shape index (κ1) is 16.2. The number of rotatable bonds is 5. The van der Waals surface area contributed by atoms with Crippen molar-refractivity contribution in [2.75, 3.05) is 12.3 Å². The summed E-state index contributed by atoms with van der Waals surface area (Å²) in [5.41, 5.74) is 2.65. The van der Waals surface area contributed by atoms with E-state index in [9.17, 15) is 13.2 Å². The molecule has 0 fully saturated rings. The van der Waals surface area contributed by atoms with E-state index < -0.39 is 10.0 Å². The third-order valence-corrected chi connectivity index (χ3v) is 5.40. The lowest BCUT2D eigenvalue weighted by Gasteiger charge is -2.29. The number of fused-ring (bicyclic) bond motifs is 1. The molecule has 0 radical (unpaired) electrons. The minimum Gasteiger partial charge on any atom is -0.347 e. The summed E-state index contributed by atoms with van der Waals surface area (Å²) in [6.07, 6.45) is 1.36. The van der Waals surface area contributed by atoms with Gasteiger partial charge in [0.1, 0.15) is 0 Å². The van der Waals surface area contributed by atoms with E-state index in [4.69, 9.17) is 0 Å². The first-order valence-electron chi connectivity index (χ1n) is 7.35. The first-order valence-corrected chi connectivity index (χ1v) is 9.00. The molecule has 2 rings (SSSR count). The maximum atomic E-state index is 12.2. The van der Waals surface area contributed by atoms with Crippen LogP contribution in [0.3, 0.4) is 0 Å². The van der Waals surface area contributed by atoms with Gasteiger partial charge in [0.05, 0.1) is 5.75 Å². The lowest BCUT2D eigenvalue weighted by atomic mass is 9.76. The molecular formula is C15H24N2O3S. The molecule has 0 saturated heterocycles. The molecule has 0 aromatic carbocycles. The van der Waals surface area contributed by atoms with Gasteiger partial charge < -0.3 is 4.57 Å². The molecule has 21 heavy (non-hydrogen) atoms. The molecule has 1 aliphatic rings. The molecule has 1 aliphatic carbocycles. The average molecular weight is 312 g/mol. The Balaban J connectivity index is 2.28. The lowest BCUT2D eigenvalue weighted by Crippen LogP contribution is -2.31. The van der Waals surface area contributed by atoms with Crippen molar-refractivity contribution in [2.24, 2.45) is 5.41 Å². The Hall–Kier alpha value is -1.14. The smallest absolute Gasteiger partial charge is 0.213 e. The van der Waals surface area contributed by atoms with Gasteiger partial charge in [0.25, 0.3) is 0 Å². The topological polar surface area (TPSA) is 68.2 Å². The van der Waals surface area contributed by atoms with Crippen LogP contribution in [0.1, 0.15) is 48.9 Å². The third-order valence-electron chi connectivity index (χ3n) is 3.95. The van der Waals surface area contributed by atoms with Gasteiger partial charge in [-0.15, -0.1) is 0 Å². The van der Waals surface area contributed by atoms with Gasteiger partial charge in [-0.3, -0.25) is 4.79 Å². The molecule has 0 saturated carbocycles. The van der Waals surface area contributed by atoms with E-state index in [2.05, 4.69) is 18.6 Å². The van der Waals surface area contributed by atoms with E-state index in [0.29, 0.717) is 19.5 Å². The second-order valence-corrected chi connectivity index (χ2v) is 8.48. The summed E-state index contributed by atoms with van der Waals surface area (Å²) < 4.78 is 28.1. The normalized spacial score (nSPS) is 17.8. The highest BCUT2D eigenvalue weighted by atomic mass is 32.2. The van der Waals surface area contributed by atoms with Crippen LogP contribution in [0.15, 0.2) is 6.07 Å². The van der Waals surface area contributed by atoms with Gasteiger partial charge in [-0.05, 0) is 24.8 Å². The first-order chi connectivity index (χ1) is 9.65. The molecule has 0 spiro atoms. The summed E-state index contributed by atoms with van der Waals surface area (Å²) in [4.78, 5) is 12.2. The van der Waals surface area contributed by atoms with Gasteiger partial charge in [0, 0.05) is 36.5 Å². The molecule has 0 atom stereocenters. The van der Waals surface area contributed by atoms with Crippen LogP contribution in [0.5, 0.6) is 0 Å². The third kappa shape index (κ3) is 3.55. The quantitative estimate of drug-likeness (QED) is 0.903. The highest BCUT2D eigenvalue weighted by molar-refractivity contribution is 7.89. The number of nitrogens with zero attached hydrogens (tertiary/aromatic N) is 1. The molecule has 0 amide bonds. The van der Waals surface area contributed by atoms with Crippen molar-refractivity contribution in [2.45, 2.75) is 47.1 Å². The minimum atomic E-state index is -3.25. The fraction of sp³-hybridized carbons (Fsp3) is 0.667. The summed E-state index contributed by atoms with van der Waals surface area (Å²) >= 11 is 0. The van der Waals surface area contributed by atoms with E-state index in [-0.39, 0.29) is 17.0 Å². The molecular weight excluding hydrogens is 288 g/mol. The maximum absolute atomic E-state index is 12.2. The van der Waals surface area contributed by atoms with Crippen LogP contribution in [-0.4, -0.2) is 31.1 Å². The van der Waals surface area contributed by atoms with Crippen molar-refractivity contribution in [1.82, 2.24) is 9.29 Å². The maximum Gasteiger partial charge on any atom is 0.213 e. The van der Waals surface area contributed by atoms with Crippen molar-refractivity contribution in [3.63, 3.8) is 0 Å². The van der Waals surface area contributed by atoms with E-state index in [1.807, 2.05) is 17.6 Å². The fourth-order valence-corrected chi connectivity index (χ4v) is 4.03. The van der Waals surface area contributed by atoms with Crippen molar-refractivity contribution >= 4 is 15.8 Å². The van der Waals surface area contributed by atoms with E-state index in [1.54, 1.807) is 6.92 Å². The van der Waals surface area contributed by atoms with Crippen LogP contribution in [0, 0.1) is 12.3 Å². The number of ketones is 1. The Morgan fingerprint density at radius 3 is 2.62 bits per heavy atom. The number of Topliss-reactive ketones (excluding diaryl/α,β-unsaturated/α-hetero) is 1. The highest BCUT2D eigenvalue weighted by Gasteiger charge is 2.33. The molecule has 5 nitrogen and oxygen atoms in total. The number of carbonyl (C=O) groups is 1. The number of aryl methyl sites for hydroxylation is 1. The number of hydrogen-bond acceptors (Lipinski definition) is 3. The zero-order chi connectivity index (χ0) is 15.8. The number of hydrogen-bond donors (Lipinski definition) is 1. The van der Waals surface area contributed by atoms with E-state index in [0.717, 1.165) is 23.4 Å². The van der Waals surface area contributed by atoms with Gasteiger partial charge in [0.2, 0.25) is 10.0 Å². The molecule has 0 bridgehead atoms. The van der Waals surface area contributed by atoms with E-state index >= 15 is 0 Å².